The van der Waals surface area contributed by atoms with Crippen LogP contribution >= 0.6 is 11.6 Å². The molecule has 0 radical (unpaired) electrons. The number of ether oxygens (including phenoxy) is 1. The zero-order valence-corrected chi connectivity index (χ0v) is 16.6. The second-order valence-electron chi connectivity index (χ2n) is 6.92. The highest BCUT2D eigenvalue weighted by atomic mass is 35.5. The van der Waals surface area contributed by atoms with Crippen molar-refractivity contribution < 1.29 is 9.26 Å². The number of hydrogen-bond acceptors (Lipinski definition) is 6. The number of rotatable bonds is 6. The Bertz CT molecular complexity index is 888. The lowest BCUT2D eigenvalue weighted by atomic mass is 10.2. The lowest BCUT2D eigenvalue weighted by Gasteiger charge is -2.33. The molecule has 0 saturated carbocycles. The van der Waals surface area contributed by atoms with Crippen LogP contribution in [0.15, 0.2) is 53.1 Å². The van der Waals surface area contributed by atoms with Gasteiger partial charge >= 0.3 is 0 Å². The minimum Gasteiger partial charge on any atom is -0.497 e. The van der Waals surface area contributed by atoms with Gasteiger partial charge in [-0.15, -0.1) is 0 Å². The average molecular weight is 399 g/mol. The zero-order chi connectivity index (χ0) is 19.3. The molecule has 1 aliphatic heterocycles. The molecule has 1 aromatic heterocycles. The van der Waals surface area contributed by atoms with Crippen molar-refractivity contribution in [3.63, 3.8) is 0 Å². The fourth-order valence-electron chi connectivity index (χ4n) is 3.32. The monoisotopic (exact) mass is 398 g/mol. The number of benzene rings is 2. The summed E-state index contributed by atoms with van der Waals surface area (Å²) >= 11 is 5.93. The second kappa shape index (κ2) is 8.73. The van der Waals surface area contributed by atoms with Crippen molar-refractivity contribution in [1.82, 2.24) is 19.9 Å². The molecule has 0 amide bonds. The Labute approximate surface area is 169 Å². The summed E-state index contributed by atoms with van der Waals surface area (Å²) in [4.78, 5) is 9.33. The van der Waals surface area contributed by atoms with E-state index in [2.05, 4.69) is 32.1 Å². The SMILES string of the molecule is COc1ccc(CN2CCN(Cc3nc(-c4ccc(Cl)cc4)no3)CC2)cc1. The summed E-state index contributed by atoms with van der Waals surface area (Å²) in [5.41, 5.74) is 2.21. The van der Waals surface area contributed by atoms with Crippen LogP contribution < -0.4 is 4.74 Å². The van der Waals surface area contributed by atoms with Crippen LogP contribution in [0.25, 0.3) is 11.4 Å². The van der Waals surface area contributed by atoms with E-state index < -0.39 is 0 Å². The number of nitrogens with zero attached hydrogens (tertiary/aromatic N) is 4. The Balaban J connectivity index is 1.28. The van der Waals surface area contributed by atoms with Gasteiger partial charge in [-0.25, -0.2) is 0 Å². The third-order valence-corrected chi connectivity index (χ3v) is 5.21. The molecule has 4 rings (SSSR count). The molecule has 6 nitrogen and oxygen atoms in total. The number of hydrogen-bond donors (Lipinski definition) is 0. The molecule has 0 unspecified atom stereocenters. The molecule has 1 aliphatic rings. The molecule has 2 aromatic carbocycles. The van der Waals surface area contributed by atoms with Crippen LogP contribution in [0.1, 0.15) is 11.5 Å². The third kappa shape index (κ3) is 4.70. The second-order valence-corrected chi connectivity index (χ2v) is 7.36. The van der Waals surface area contributed by atoms with E-state index in [-0.39, 0.29) is 0 Å². The van der Waals surface area contributed by atoms with Gasteiger partial charge in [-0.1, -0.05) is 28.9 Å². The van der Waals surface area contributed by atoms with E-state index in [1.807, 2.05) is 36.4 Å². The van der Waals surface area contributed by atoms with Crippen LogP contribution in [0, 0.1) is 0 Å². The van der Waals surface area contributed by atoms with E-state index in [0.717, 1.165) is 44.0 Å². The Morgan fingerprint density at radius 3 is 2.21 bits per heavy atom. The van der Waals surface area contributed by atoms with Crippen molar-refractivity contribution in [2.24, 2.45) is 0 Å². The van der Waals surface area contributed by atoms with Crippen molar-refractivity contribution in [2.75, 3.05) is 33.3 Å². The van der Waals surface area contributed by atoms with E-state index >= 15 is 0 Å². The summed E-state index contributed by atoms with van der Waals surface area (Å²) in [7, 11) is 1.69. The molecule has 28 heavy (non-hydrogen) atoms. The maximum Gasteiger partial charge on any atom is 0.241 e. The van der Waals surface area contributed by atoms with Crippen molar-refractivity contribution in [3.8, 4) is 17.1 Å². The summed E-state index contributed by atoms with van der Waals surface area (Å²) < 4.78 is 10.7. The predicted molar refractivity (Wildman–Crippen MR) is 108 cm³/mol. The quantitative estimate of drug-likeness (QED) is 0.630. The number of methoxy groups -OCH3 is 1. The molecule has 1 fully saturated rings. The van der Waals surface area contributed by atoms with Crippen molar-refractivity contribution in [1.29, 1.82) is 0 Å². The van der Waals surface area contributed by atoms with E-state index in [1.54, 1.807) is 7.11 Å². The average Bonchev–Trinajstić information content (AvgIpc) is 3.19. The molecule has 0 aliphatic carbocycles. The third-order valence-electron chi connectivity index (χ3n) is 4.96. The first-order valence-corrected chi connectivity index (χ1v) is 9.73. The number of halogens is 1. The normalized spacial score (nSPS) is 15.6. The van der Waals surface area contributed by atoms with Crippen LogP contribution in [0.3, 0.4) is 0 Å². The highest BCUT2D eigenvalue weighted by Gasteiger charge is 2.19. The fourth-order valence-corrected chi connectivity index (χ4v) is 3.45. The largest absolute Gasteiger partial charge is 0.497 e. The molecule has 0 atom stereocenters. The molecule has 0 N–H and O–H groups in total. The first-order valence-electron chi connectivity index (χ1n) is 9.36. The van der Waals surface area contributed by atoms with Crippen molar-refractivity contribution in [2.45, 2.75) is 13.1 Å². The predicted octanol–water partition coefficient (Wildman–Crippen LogP) is 3.72. The summed E-state index contributed by atoms with van der Waals surface area (Å²) in [6.07, 6.45) is 0. The fraction of sp³-hybridized carbons (Fsp3) is 0.333. The van der Waals surface area contributed by atoms with Gasteiger partial charge in [0.05, 0.1) is 13.7 Å². The van der Waals surface area contributed by atoms with Crippen LogP contribution in [-0.2, 0) is 13.1 Å². The van der Waals surface area contributed by atoms with Gasteiger partial charge in [0, 0.05) is 43.3 Å². The van der Waals surface area contributed by atoms with Gasteiger partial charge in [0.15, 0.2) is 0 Å². The zero-order valence-electron chi connectivity index (χ0n) is 15.8. The smallest absolute Gasteiger partial charge is 0.241 e. The summed E-state index contributed by atoms with van der Waals surface area (Å²) in [5.74, 6) is 2.14. The van der Waals surface area contributed by atoms with Crippen LogP contribution in [0.4, 0.5) is 0 Å². The molecule has 146 valence electrons. The molecule has 7 heteroatoms. The van der Waals surface area contributed by atoms with Crippen LogP contribution in [0.5, 0.6) is 5.75 Å². The molecular formula is C21H23ClN4O2. The first-order chi connectivity index (χ1) is 13.7. The maximum atomic E-state index is 5.93. The van der Waals surface area contributed by atoms with Crippen molar-refractivity contribution >= 4 is 11.6 Å². The van der Waals surface area contributed by atoms with Gasteiger partial charge in [0.1, 0.15) is 5.75 Å². The van der Waals surface area contributed by atoms with Gasteiger partial charge in [-0.05, 0) is 42.0 Å². The molecule has 2 heterocycles. The lowest BCUT2D eigenvalue weighted by molar-refractivity contribution is 0.112. The topological polar surface area (TPSA) is 54.6 Å². The minimum absolute atomic E-state index is 0.602. The van der Waals surface area contributed by atoms with Crippen LogP contribution in [0.2, 0.25) is 5.02 Å². The molecule has 0 bridgehead atoms. The van der Waals surface area contributed by atoms with E-state index in [1.165, 1.54) is 5.56 Å². The standard InChI is InChI=1S/C21H23ClN4O2/c1-27-19-8-2-16(3-9-19)14-25-10-12-26(13-11-25)15-20-23-21(24-28-20)17-4-6-18(22)7-5-17/h2-9H,10-15H2,1H3. The van der Waals surface area contributed by atoms with Gasteiger partial charge in [0.25, 0.3) is 0 Å². The molecule has 1 saturated heterocycles. The molecular weight excluding hydrogens is 376 g/mol. The van der Waals surface area contributed by atoms with Gasteiger partial charge in [-0.2, -0.15) is 4.98 Å². The summed E-state index contributed by atoms with van der Waals surface area (Å²) in [6, 6.07) is 15.7. The highest BCUT2D eigenvalue weighted by molar-refractivity contribution is 6.30. The Morgan fingerprint density at radius 2 is 1.57 bits per heavy atom. The Morgan fingerprint density at radius 1 is 0.929 bits per heavy atom. The molecule has 3 aromatic rings. The Kier molecular flexibility index (Phi) is 5.90. The van der Waals surface area contributed by atoms with Gasteiger partial charge < -0.3 is 9.26 Å². The number of aromatic nitrogens is 2. The minimum atomic E-state index is 0.602. The highest BCUT2D eigenvalue weighted by Crippen LogP contribution is 2.20. The molecule has 0 spiro atoms. The first kappa shape index (κ1) is 18.9. The van der Waals surface area contributed by atoms with Gasteiger partial charge in [-0.3, -0.25) is 9.80 Å². The Hall–Kier alpha value is -2.41. The van der Waals surface area contributed by atoms with Gasteiger partial charge in [0.2, 0.25) is 11.7 Å². The van der Waals surface area contributed by atoms with Crippen molar-refractivity contribution in [3.05, 3.63) is 65.0 Å². The maximum absolute atomic E-state index is 5.93. The van der Waals surface area contributed by atoms with E-state index in [4.69, 9.17) is 20.9 Å². The van der Waals surface area contributed by atoms with Crippen LogP contribution in [-0.4, -0.2) is 53.2 Å². The summed E-state index contributed by atoms with van der Waals surface area (Å²) in [6.45, 7) is 5.63. The lowest BCUT2D eigenvalue weighted by Crippen LogP contribution is -2.45. The summed E-state index contributed by atoms with van der Waals surface area (Å²) in [5, 5.41) is 4.78. The van der Waals surface area contributed by atoms with E-state index in [9.17, 15) is 0 Å². The number of piperazine rings is 1. The van der Waals surface area contributed by atoms with E-state index in [0.29, 0.717) is 23.3 Å².